The number of carboxylic acid groups (broad SMARTS) is 1. The summed E-state index contributed by atoms with van der Waals surface area (Å²) in [7, 11) is 3.13. The van der Waals surface area contributed by atoms with Gasteiger partial charge in [0, 0.05) is 14.1 Å². The molecule has 5 nitrogen and oxygen atoms in total. The predicted molar refractivity (Wildman–Crippen MR) is 53.1 cm³/mol. The van der Waals surface area contributed by atoms with Gasteiger partial charge in [0.15, 0.2) is 0 Å². The number of carbonyl (C=O) groups excluding carboxylic acids is 1. The van der Waals surface area contributed by atoms with Crippen LogP contribution in [0.1, 0.15) is 20.8 Å². The first-order valence-corrected chi connectivity index (χ1v) is 4.37. The number of aliphatic carboxylic acids is 1. The van der Waals surface area contributed by atoms with Crippen molar-refractivity contribution in [2.45, 2.75) is 26.8 Å². The van der Waals surface area contributed by atoms with Crippen LogP contribution in [-0.4, -0.2) is 42.1 Å². The molecule has 0 saturated carbocycles. The Balaban J connectivity index is 4.56. The van der Waals surface area contributed by atoms with Gasteiger partial charge in [0.1, 0.15) is 6.04 Å². The minimum atomic E-state index is -1.02. The molecule has 82 valence electrons. The van der Waals surface area contributed by atoms with Gasteiger partial charge in [-0.1, -0.05) is 20.8 Å². The van der Waals surface area contributed by atoms with E-state index in [1.165, 1.54) is 4.90 Å². The minimum Gasteiger partial charge on any atom is -0.480 e. The van der Waals surface area contributed by atoms with Gasteiger partial charge < -0.3 is 15.3 Å². The summed E-state index contributed by atoms with van der Waals surface area (Å²) in [6, 6.07) is -1.27. The van der Waals surface area contributed by atoms with Gasteiger partial charge in [0.25, 0.3) is 0 Å². The quantitative estimate of drug-likeness (QED) is 0.694. The van der Waals surface area contributed by atoms with E-state index in [1.807, 2.05) is 0 Å². The van der Waals surface area contributed by atoms with Crippen molar-refractivity contribution in [3.05, 3.63) is 0 Å². The number of hydrogen-bond acceptors (Lipinski definition) is 2. The van der Waals surface area contributed by atoms with Crippen LogP contribution in [0.5, 0.6) is 0 Å². The lowest BCUT2D eigenvalue weighted by Gasteiger charge is -2.28. The molecule has 0 aliphatic carbocycles. The van der Waals surface area contributed by atoms with E-state index in [0.717, 1.165) is 0 Å². The fraction of sp³-hybridized carbons (Fsp3) is 0.778. The molecular formula is C9H18N2O3. The molecule has 0 saturated heterocycles. The summed E-state index contributed by atoms with van der Waals surface area (Å²) in [6.07, 6.45) is 0. The zero-order valence-corrected chi connectivity index (χ0v) is 9.29. The smallest absolute Gasteiger partial charge is 0.326 e. The average Bonchev–Trinajstić information content (AvgIpc) is 1.96. The summed E-state index contributed by atoms with van der Waals surface area (Å²) >= 11 is 0. The number of urea groups is 1. The Kier molecular flexibility index (Phi) is 3.92. The highest BCUT2D eigenvalue weighted by Crippen LogP contribution is 2.19. The molecule has 2 amide bonds. The van der Waals surface area contributed by atoms with Crippen molar-refractivity contribution in [1.29, 1.82) is 0 Å². The van der Waals surface area contributed by atoms with Crippen molar-refractivity contribution in [3.8, 4) is 0 Å². The molecule has 1 atom stereocenters. The second-order valence-electron chi connectivity index (χ2n) is 4.48. The third kappa shape index (κ3) is 3.64. The van der Waals surface area contributed by atoms with Gasteiger partial charge in [-0.25, -0.2) is 9.59 Å². The molecule has 0 aliphatic heterocycles. The number of carbonyl (C=O) groups is 2. The van der Waals surface area contributed by atoms with Crippen LogP contribution in [0.25, 0.3) is 0 Å². The first-order chi connectivity index (χ1) is 6.16. The van der Waals surface area contributed by atoms with E-state index in [1.54, 1.807) is 34.9 Å². The lowest BCUT2D eigenvalue weighted by molar-refractivity contribution is -0.141. The van der Waals surface area contributed by atoms with Gasteiger partial charge in [0.2, 0.25) is 0 Å². The molecule has 1 unspecified atom stereocenters. The molecule has 14 heavy (non-hydrogen) atoms. The monoisotopic (exact) mass is 202 g/mol. The number of amides is 2. The van der Waals surface area contributed by atoms with Crippen molar-refractivity contribution in [2.75, 3.05) is 14.1 Å². The Labute approximate surface area is 84.1 Å². The molecular weight excluding hydrogens is 184 g/mol. The van der Waals surface area contributed by atoms with Crippen LogP contribution in [0.4, 0.5) is 4.79 Å². The molecule has 0 fully saturated rings. The van der Waals surface area contributed by atoms with Crippen molar-refractivity contribution < 1.29 is 14.7 Å². The summed E-state index contributed by atoms with van der Waals surface area (Å²) in [5.41, 5.74) is -0.502. The van der Waals surface area contributed by atoms with E-state index < -0.39 is 23.5 Å². The summed E-state index contributed by atoms with van der Waals surface area (Å²) in [5.74, 6) is -1.02. The van der Waals surface area contributed by atoms with Gasteiger partial charge in [-0.15, -0.1) is 0 Å². The summed E-state index contributed by atoms with van der Waals surface area (Å²) in [5, 5.41) is 11.3. The third-order valence-corrected chi connectivity index (χ3v) is 1.79. The van der Waals surface area contributed by atoms with Crippen molar-refractivity contribution in [3.63, 3.8) is 0 Å². The molecule has 2 N–H and O–H groups in total. The van der Waals surface area contributed by atoms with E-state index >= 15 is 0 Å². The third-order valence-electron chi connectivity index (χ3n) is 1.79. The molecule has 0 aliphatic rings. The van der Waals surface area contributed by atoms with Crippen LogP contribution < -0.4 is 5.32 Å². The number of nitrogens with zero attached hydrogens (tertiary/aromatic N) is 1. The number of hydrogen-bond donors (Lipinski definition) is 2. The molecule has 0 rings (SSSR count). The summed E-state index contributed by atoms with van der Waals surface area (Å²) < 4.78 is 0. The first-order valence-electron chi connectivity index (χ1n) is 4.37. The van der Waals surface area contributed by atoms with E-state index in [9.17, 15) is 9.59 Å². The zero-order chi connectivity index (χ0) is 11.5. The molecule has 0 heterocycles. The van der Waals surface area contributed by atoms with Gasteiger partial charge in [-0.2, -0.15) is 0 Å². The molecule has 0 aromatic heterocycles. The summed E-state index contributed by atoms with van der Waals surface area (Å²) in [4.78, 5) is 23.4. The Morgan fingerprint density at radius 1 is 1.29 bits per heavy atom. The van der Waals surface area contributed by atoms with Crippen LogP contribution >= 0.6 is 0 Å². The van der Waals surface area contributed by atoms with E-state index in [0.29, 0.717) is 0 Å². The molecule has 0 radical (unpaired) electrons. The molecule has 0 aromatic carbocycles. The van der Waals surface area contributed by atoms with Crippen molar-refractivity contribution in [1.82, 2.24) is 10.2 Å². The Bertz CT molecular complexity index is 231. The van der Waals surface area contributed by atoms with Gasteiger partial charge in [-0.3, -0.25) is 0 Å². The maximum Gasteiger partial charge on any atom is 0.326 e. The van der Waals surface area contributed by atoms with Gasteiger partial charge >= 0.3 is 12.0 Å². The predicted octanol–water partition coefficient (Wildman–Crippen LogP) is 0.757. The number of rotatable bonds is 2. The van der Waals surface area contributed by atoms with Gasteiger partial charge in [-0.05, 0) is 5.41 Å². The number of nitrogens with one attached hydrogen (secondary N) is 1. The molecule has 0 spiro atoms. The second-order valence-corrected chi connectivity index (χ2v) is 4.48. The van der Waals surface area contributed by atoms with Crippen molar-refractivity contribution >= 4 is 12.0 Å². The Morgan fingerprint density at radius 2 is 1.71 bits per heavy atom. The Hall–Kier alpha value is -1.26. The zero-order valence-electron chi connectivity index (χ0n) is 9.29. The second kappa shape index (κ2) is 4.30. The van der Waals surface area contributed by atoms with Gasteiger partial charge in [0.05, 0.1) is 0 Å². The average molecular weight is 202 g/mol. The van der Waals surface area contributed by atoms with E-state index in [-0.39, 0.29) is 0 Å². The standard InChI is InChI=1S/C9H18N2O3/c1-9(2,3)6(7(12)13)10-8(14)11(4)5/h6H,1-5H3,(H,10,14)(H,12,13). The minimum absolute atomic E-state index is 0.396. The highest BCUT2D eigenvalue weighted by atomic mass is 16.4. The highest BCUT2D eigenvalue weighted by Gasteiger charge is 2.32. The van der Waals surface area contributed by atoms with E-state index in [4.69, 9.17) is 5.11 Å². The SMILES string of the molecule is CN(C)C(=O)NC(C(=O)O)C(C)(C)C. The first kappa shape index (κ1) is 12.7. The lowest BCUT2D eigenvalue weighted by atomic mass is 9.87. The maximum atomic E-state index is 11.3. The van der Waals surface area contributed by atoms with E-state index in [2.05, 4.69) is 5.32 Å². The normalized spacial score (nSPS) is 13.2. The largest absolute Gasteiger partial charge is 0.480 e. The Morgan fingerprint density at radius 3 is 1.93 bits per heavy atom. The van der Waals surface area contributed by atoms with Crippen LogP contribution in [0, 0.1) is 5.41 Å². The van der Waals surface area contributed by atoms with Crippen LogP contribution in [-0.2, 0) is 4.79 Å². The number of carboxylic acids is 1. The summed E-state index contributed by atoms with van der Waals surface area (Å²) in [6.45, 7) is 5.30. The fourth-order valence-corrected chi connectivity index (χ4v) is 0.901. The molecule has 0 bridgehead atoms. The lowest BCUT2D eigenvalue weighted by Crippen LogP contribution is -2.51. The van der Waals surface area contributed by atoms with Crippen LogP contribution in [0.3, 0.4) is 0 Å². The van der Waals surface area contributed by atoms with Crippen LogP contribution in [0.2, 0.25) is 0 Å². The molecule has 5 heteroatoms. The van der Waals surface area contributed by atoms with Crippen LogP contribution in [0.15, 0.2) is 0 Å². The highest BCUT2D eigenvalue weighted by molar-refractivity contribution is 5.82. The topological polar surface area (TPSA) is 69.6 Å². The maximum absolute atomic E-state index is 11.3. The molecule has 0 aromatic rings. The fourth-order valence-electron chi connectivity index (χ4n) is 0.901. The van der Waals surface area contributed by atoms with Crippen molar-refractivity contribution in [2.24, 2.45) is 5.41 Å².